The molecule has 1 aliphatic rings. The molecule has 1 atom stereocenters. The van der Waals surface area contributed by atoms with Crippen LogP contribution in [0.2, 0.25) is 0 Å². The lowest BCUT2D eigenvalue weighted by Gasteiger charge is -2.21. The van der Waals surface area contributed by atoms with Gasteiger partial charge in [0.05, 0.1) is 18.2 Å². The smallest absolute Gasteiger partial charge is 0.230 e. The highest BCUT2D eigenvalue weighted by molar-refractivity contribution is 5.93. The number of carbonyl (C=O) groups excluding carboxylic acids is 2. The number of carbonyl (C=O) groups is 2. The molecular formula is C20H26N4O2. The maximum Gasteiger partial charge on any atom is 0.230 e. The number of nitrogens with one attached hydrogen (secondary N) is 2. The lowest BCUT2D eigenvalue weighted by atomic mass is 9.92. The largest absolute Gasteiger partial charge is 0.355 e. The Bertz CT molecular complexity index is 780. The number of nitrogens with zero attached hydrogens (tertiary/aromatic N) is 2. The molecular weight excluding hydrogens is 328 g/mol. The summed E-state index contributed by atoms with van der Waals surface area (Å²) in [6.45, 7) is 7.29. The normalized spacial score (nSPS) is 17.7. The van der Waals surface area contributed by atoms with E-state index in [0.717, 1.165) is 11.3 Å². The number of benzene rings is 1. The van der Waals surface area contributed by atoms with Crippen molar-refractivity contribution in [3.05, 3.63) is 47.7 Å². The van der Waals surface area contributed by atoms with Crippen LogP contribution in [0.4, 0.5) is 5.82 Å². The van der Waals surface area contributed by atoms with Crippen LogP contribution in [0, 0.1) is 5.92 Å². The monoisotopic (exact) mass is 354 g/mol. The summed E-state index contributed by atoms with van der Waals surface area (Å²) in [6.07, 6.45) is 0.977. The molecule has 2 amide bonds. The quantitative estimate of drug-likeness (QED) is 0.886. The first-order chi connectivity index (χ1) is 12.3. The van der Waals surface area contributed by atoms with E-state index in [1.165, 1.54) is 0 Å². The van der Waals surface area contributed by atoms with Gasteiger partial charge in [-0.3, -0.25) is 9.59 Å². The van der Waals surface area contributed by atoms with Crippen LogP contribution in [-0.4, -0.2) is 28.1 Å². The standard InChI is InChI=1S/C20H26N4O2/c1-20(2,3)16-11-17(22-19(26)15-9-10-18(25)21-12-15)24(23-16)13-14-7-5-4-6-8-14/h4-8,11,15H,9-10,12-13H2,1-3H3,(H,21,25)(H,22,26)/t15-/m1/s1. The van der Waals surface area contributed by atoms with Crippen molar-refractivity contribution in [3.8, 4) is 0 Å². The number of rotatable bonds is 4. The van der Waals surface area contributed by atoms with Crippen LogP contribution in [0.3, 0.4) is 0 Å². The fraction of sp³-hybridized carbons (Fsp3) is 0.450. The Balaban J connectivity index is 1.81. The first-order valence-electron chi connectivity index (χ1n) is 9.03. The van der Waals surface area contributed by atoms with Crippen molar-refractivity contribution in [2.75, 3.05) is 11.9 Å². The Morgan fingerprint density at radius 1 is 1.31 bits per heavy atom. The summed E-state index contributed by atoms with van der Waals surface area (Å²) in [4.78, 5) is 23.9. The fourth-order valence-electron chi connectivity index (χ4n) is 2.95. The van der Waals surface area contributed by atoms with E-state index in [4.69, 9.17) is 5.10 Å². The second-order valence-electron chi connectivity index (χ2n) is 7.84. The van der Waals surface area contributed by atoms with Crippen LogP contribution in [0.15, 0.2) is 36.4 Å². The molecule has 26 heavy (non-hydrogen) atoms. The van der Waals surface area contributed by atoms with Gasteiger partial charge < -0.3 is 10.6 Å². The molecule has 6 heteroatoms. The van der Waals surface area contributed by atoms with Gasteiger partial charge in [0.25, 0.3) is 0 Å². The Labute approximate surface area is 154 Å². The molecule has 6 nitrogen and oxygen atoms in total. The van der Waals surface area contributed by atoms with E-state index in [2.05, 4.69) is 31.4 Å². The van der Waals surface area contributed by atoms with E-state index in [9.17, 15) is 9.59 Å². The lowest BCUT2D eigenvalue weighted by Crippen LogP contribution is -2.40. The van der Waals surface area contributed by atoms with Crippen molar-refractivity contribution < 1.29 is 9.59 Å². The summed E-state index contributed by atoms with van der Waals surface area (Å²) >= 11 is 0. The molecule has 0 unspecified atom stereocenters. The van der Waals surface area contributed by atoms with Crippen molar-refractivity contribution in [1.82, 2.24) is 15.1 Å². The Morgan fingerprint density at radius 3 is 2.65 bits per heavy atom. The van der Waals surface area contributed by atoms with Gasteiger partial charge in [0.2, 0.25) is 11.8 Å². The number of anilines is 1. The average Bonchev–Trinajstić information content (AvgIpc) is 2.99. The van der Waals surface area contributed by atoms with Crippen molar-refractivity contribution in [2.45, 2.75) is 45.6 Å². The van der Waals surface area contributed by atoms with Gasteiger partial charge in [0.15, 0.2) is 0 Å². The van der Waals surface area contributed by atoms with E-state index in [1.54, 1.807) is 0 Å². The van der Waals surface area contributed by atoms with E-state index < -0.39 is 0 Å². The highest BCUT2D eigenvalue weighted by Crippen LogP contribution is 2.25. The molecule has 1 aromatic heterocycles. The first kappa shape index (κ1) is 18.2. The zero-order valence-electron chi connectivity index (χ0n) is 15.6. The summed E-state index contributed by atoms with van der Waals surface area (Å²) in [7, 11) is 0. The van der Waals surface area contributed by atoms with E-state index in [1.807, 2.05) is 41.1 Å². The summed E-state index contributed by atoms with van der Waals surface area (Å²) < 4.78 is 1.84. The third-order valence-corrected chi connectivity index (χ3v) is 4.61. The molecule has 2 aromatic rings. The molecule has 2 N–H and O–H groups in total. The molecule has 1 saturated heterocycles. The average molecular weight is 354 g/mol. The zero-order valence-corrected chi connectivity index (χ0v) is 15.6. The zero-order chi connectivity index (χ0) is 18.7. The van der Waals surface area contributed by atoms with Crippen LogP contribution < -0.4 is 10.6 Å². The highest BCUT2D eigenvalue weighted by Gasteiger charge is 2.26. The minimum absolute atomic E-state index is 0.0122. The van der Waals surface area contributed by atoms with E-state index in [-0.39, 0.29) is 23.1 Å². The SMILES string of the molecule is CC(C)(C)c1cc(NC(=O)[C@@H]2CCC(=O)NC2)n(Cc2ccccc2)n1. The predicted molar refractivity (Wildman–Crippen MR) is 101 cm³/mol. The van der Waals surface area contributed by atoms with Crippen LogP contribution in [0.5, 0.6) is 0 Å². The molecule has 0 aliphatic carbocycles. The Kier molecular flexibility index (Phi) is 5.11. The number of aromatic nitrogens is 2. The molecule has 0 spiro atoms. The Morgan fingerprint density at radius 2 is 2.04 bits per heavy atom. The minimum Gasteiger partial charge on any atom is -0.355 e. The fourth-order valence-corrected chi connectivity index (χ4v) is 2.95. The van der Waals surface area contributed by atoms with Gasteiger partial charge in [-0.1, -0.05) is 51.1 Å². The van der Waals surface area contributed by atoms with Crippen molar-refractivity contribution in [1.29, 1.82) is 0 Å². The number of hydrogen-bond acceptors (Lipinski definition) is 3. The lowest BCUT2D eigenvalue weighted by molar-refractivity contribution is -0.126. The van der Waals surface area contributed by atoms with E-state index >= 15 is 0 Å². The molecule has 0 saturated carbocycles. The summed E-state index contributed by atoms with van der Waals surface area (Å²) in [5.41, 5.74) is 1.94. The van der Waals surface area contributed by atoms with Crippen molar-refractivity contribution in [2.24, 2.45) is 5.92 Å². The number of amides is 2. The molecule has 0 bridgehead atoms. The number of piperidine rings is 1. The summed E-state index contributed by atoms with van der Waals surface area (Å²) in [6, 6.07) is 12.0. The van der Waals surface area contributed by atoms with Gasteiger partial charge in [-0.05, 0) is 12.0 Å². The molecule has 1 aromatic carbocycles. The van der Waals surface area contributed by atoms with Crippen molar-refractivity contribution in [3.63, 3.8) is 0 Å². The first-order valence-corrected chi connectivity index (χ1v) is 9.03. The molecule has 3 rings (SSSR count). The topological polar surface area (TPSA) is 76.0 Å². The minimum atomic E-state index is -0.203. The summed E-state index contributed by atoms with van der Waals surface area (Å²) in [5, 5.41) is 10.5. The van der Waals surface area contributed by atoms with Gasteiger partial charge in [-0.2, -0.15) is 5.10 Å². The second-order valence-corrected chi connectivity index (χ2v) is 7.84. The van der Waals surface area contributed by atoms with Gasteiger partial charge in [0, 0.05) is 24.4 Å². The molecule has 1 aliphatic heterocycles. The van der Waals surface area contributed by atoms with Crippen LogP contribution >= 0.6 is 0 Å². The summed E-state index contributed by atoms with van der Waals surface area (Å²) in [5.74, 6) is 0.435. The van der Waals surface area contributed by atoms with Gasteiger partial charge in [-0.25, -0.2) is 4.68 Å². The number of hydrogen-bond donors (Lipinski definition) is 2. The second kappa shape index (κ2) is 7.32. The van der Waals surface area contributed by atoms with Gasteiger partial charge in [-0.15, -0.1) is 0 Å². The van der Waals surface area contributed by atoms with Gasteiger partial charge in [0.1, 0.15) is 5.82 Å². The predicted octanol–water partition coefficient (Wildman–Crippen LogP) is 2.69. The van der Waals surface area contributed by atoms with Crippen molar-refractivity contribution >= 4 is 17.6 Å². The molecule has 138 valence electrons. The molecule has 0 radical (unpaired) electrons. The third kappa shape index (κ3) is 4.31. The maximum atomic E-state index is 12.6. The highest BCUT2D eigenvalue weighted by atomic mass is 16.2. The van der Waals surface area contributed by atoms with Crippen LogP contribution in [-0.2, 0) is 21.5 Å². The van der Waals surface area contributed by atoms with E-state index in [0.29, 0.717) is 31.7 Å². The Hall–Kier alpha value is -2.63. The van der Waals surface area contributed by atoms with Gasteiger partial charge >= 0.3 is 0 Å². The maximum absolute atomic E-state index is 12.6. The molecule has 1 fully saturated rings. The third-order valence-electron chi connectivity index (χ3n) is 4.61. The molecule has 2 heterocycles. The van der Waals surface area contributed by atoms with Crippen LogP contribution in [0.25, 0.3) is 0 Å². The van der Waals surface area contributed by atoms with Crippen LogP contribution in [0.1, 0.15) is 44.9 Å².